The van der Waals surface area contributed by atoms with Crippen molar-refractivity contribution >= 4 is 16.7 Å². The van der Waals surface area contributed by atoms with Crippen LogP contribution in [-0.2, 0) is 11.2 Å². The molecule has 2 nitrogen and oxygen atoms in total. The molecule has 2 rings (SSSR count). The number of carbonyl (C=O) groups is 1. The second-order valence-corrected chi connectivity index (χ2v) is 4.95. The summed E-state index contributed by atoms with van der Waals surface area (Å²) in [6.45, 7) is 3.78. The largest absolute Gasteiger partial charge is 0.481 e. The fraction of sp³-hybridized carbons (Fsp3) is 0.312. The molecule has 0 aliphatic rings. The van der Waals surface area contributed by atoms with Gasteiger partial charge in [-0.1, -0.05) is 56.3 Å². The van der Waals surface area contributed by atoms with Crippen molar-refractivity contribution < 1.29 is 9.90 Å². The van der Waals surface area contributed by atoms with E-state index in [1.807, 2.05) is 25.1 Å². The van der Waals surface area contributed by atoms with Crippen LogP contribution in [0.4, 0.5) is 0 Å². The number of carboxylic acids is 1. The zero-order valence-electron chi connectivity index (χ0n) is 10.8. The molecule has 0 saturated heterocycles. The van der Waals surface area contributed by atoms with Gasteiger partial charge >= 0.3 is 5.97 Å². The molecule has 2 aromatic rings. The summed E-state index contributed by atoms with van der Waals surface area (Å²) < 4.78 is 0. The summed E-state index contributed by atoms with van der Waals surface area (Å²) in [5, 5.41) is 11.5. The Bertz CT molecular complexity index is 555. The second kappa shape index (κ2) is 5.21. The number of hydrogen-bond donors (Lipinski definition) is 1. The molecule has 0 aromatic heterocycles. The molecular weight excluding hydrogens is 224 g/mol. The van der Waals surface area contributed by atoms with Gasteiger partial charge in [0, 0.05) is 0 Å². The maximum atomic E-state index is 11.0. The van der Waals surface area contributed by atoms with Crippen molar-refractivity contribution in [1.29, 1.82) is 0 Å². The number of fused-ring (bicyclic) bond motifs is 1. The van der Waals surface area contributed by atoms with Crippen molar-refractivity contribution in [2.75, 3.05) is 0 Å². The molecule has 0 bridgehead atoms. The van der Waals surface area contributed by atoms with Crippen molar-refractivity contribution in [1.82, 2.24) is 0 Å². The number of benzene rings is 2. The molecule has 18 heavy (non-hydrogen) atoms. The first kappa shape index (κ1) is 12.6. The van der Waals surface area contributed by atoms with Crippen LogP contribution < -0.4 is 0 Å². The minimum Gasteiger partial charge on any atom is -0.481 e. The van der Waals surface area contributed by atoms with Crippen molar-refractivity contribution in [3.05, 3.63) is 48.0 Å². The topological polar surface area (TPSA) is 37.3 Å². The highest BCUT2D eigenvalue weighted by molar-refractivity contribution is 5.85. The first-order valence-corrected chi connectivity index (χ1v) is 6.29. The second-order valence-electron chi connectivity index (χ2n) is 4.95. The van der Waals surface area contributed by atoms with E-state index in [1.165, 1.54) is 16.3 Å². The minimum atomic E-state index is -0.720. The van der Waals surface area contributed by atoms with Crippen LogP contribution in [0.1, 0.15) is 19.4 Å². The van der Waals surface area contributed by atoms with Crippen LogP contribution in [0.5, 0.6) is 0 Å². The van der Waals surface area contributed by atoms with Crippen LogP contribution in [0.15, 0.2) is 42.5 Å². The lowest BCUT2D eigenvalue weighted by Gasteiger charge is -2.17. The van der Waals surface area contributed by atoms with E-state index in [9.17, 15) is 4.79 Å². The molecule has 0 spiro atoms. The Balaban J connectivity index is 2.29. The Labute approximate surface area is 107 Å². The van der Waals surface area contributed by atoms with Gasteiger partial charge in [-0.3, -0.25) is 4.79 Å². The van der Waals surface area contributed by atoms with E-state index in [0.717, 1.165) is 6.42 Å². The Kier molecular flexibility index (Phi) is 3.66. The lowest BCUT2D eigenvalue weighted by atomic mass is 9.88. The van der Waals surface area contributed by atoms with Gasteiger partial charge in [-0.25, -0.2) is 0 Å². The molecule has 2 atom stereocenters. The SMILES string of the molecule is C[C@H](Cc1cccc2ccccc12)[C@@H](C)C(=O)O. The number of hydrogen-bond acceptors (Lipinski definition) is 1. The van der Waals surface area contributed by atoms with Gasteiger partial charge in [0.2, 0.25) is 0 Å². The van der Waals surface area contributed by atoms with Crippen molar-refractivity contribution in [2.24, 2.45) is 11.8 Å². The lowest BCUT2D eigenvalue weighted by Crippen LogP contribution is -2.20. The molecule has 94 valence electrons. The average molecular weight is 242 g/mol. The highest BCUT2D eigenvalue weighted by Crippen LogP contribution is 2.24. The minimum absolute atomic E-state index is 0.133. The molecule has 0 aliphatic carbocycles. The fourth-order valence-corrected chi connectivity index (χ4v) is 2.24. The summed E-state index contributed by atoms with van der Waals surface area (Å²) in [6, 6.07) is 14.5. The third-order valence-corrected chi connectivity index (χ3v) is 3.66. The van der Waals surface area contributed by atoms with Gasteiger partial charge < -0.3 is 5.11 Å². The Morgan fingerprint density at radius 2 is 1.78 bits per heavy atom. The molecule has 0 saturated carbocycles. The van der Waals surface area contributed by atoms with Crippen molar-refractivity contribution in [3.63, 3.8) is 0 Å². The van der Waals surface area contributed by atoms with Crippen LogP contribution >= 0.6 is 0 Å². The number of aliphatic carboxylic acids is 1. The molecule has 0 fully saturated rings. The Morgan fingerprint density at radius 1 is 1.11 bits per heavy atom. The molecule has 1 N–H and O–H groups in total. The quantitative estimate of drug-likeness (QED) is 0.886. The van der Waals surface area contributed by atoms with Gasteiger partial charge in [0.15, 0.2) is 0 Å². The predicted molar refractivity (Wildman–Crippen MR) is 73.6 cm³/mol. The van der Waals surface area contributed by atoms with Gasteiger partial charge in [-0.05, 0) is 28.7 Å². The van der Waals surface area contributed by atoms with E-state index < -0.39 is 5.97 Å². The van der Waals surface area contributed by atoms with Crippen LogP contribution in [0, 0.1) is 11.8 Å². The van der Waals surface area contributed by atoms with Crippen LogP contribution in [0.2, 0.25) is 0 Å². The lowest BCUT2D eigenvalue weighted by molar-refractivity contribution is -0.142. The monoisotopic (exact) mass is 242 g/mol. The maximum Gasteiger partial charge on any atom is 0.306 e. The van der Waals surface area contributed by atoms with E-state index in [-0.39, 0.29) is 11.8 Å². The van der Waals surface area contributed by atoms with E-state index in [1.54, 1.807) is 6.92 Å². The van der Waals surface area contributed by atoms with Crippen LogP contribution in [0.25, 0.3) is 10.8 Å². The van der Waals surface area contributed by atoms with Gasteiger partial charge in [0.1, 0.15) is 0 Å². The van der Waals surface area contributed by atoms with Gasteiger partial charge in [0.05, 0.1) is 5.92 Å². The first-order valence-electron chi connectivity index (χ1n) is 6.29. The molecule has 0 amide bonds. The Hall–Kier alpha value is -1.83. The van der Waals surface area contributed by atoms with Gasteiger partial charge in [-0.15, -0.1) is 0 Å². The highest BCUT2D eigenvalue weighted by Gasteiger charge is 2.20. The summed E-state index contributed by atoms with van der Waals surface area (Å²) in [4.78, 5) is 11.0. The summed E-state index contributed by atoms with van der Waals surface area (Å²) in [7, 11) is 0. The van der Waals surface area contributed by atoms with E-state index in [4.69, 9.17) is 5.11 Å². The first-order chi connectivity index (χ1) is 8.59. The van der Waals surface area contributed by atoms with E-state index in [2.05, 4.69) is 24.3 Å². The standard InChI is InChI=1S/C16H18O2/c1-11(12(2)16(17)18)10-14-8-5-7-13-6-3-4-9-15(13)14/h3-9,11-12H,10H2,1-2H3,(H,17,18)/t11-,12-/m1/s1. The summed E-state index contributed by atoms with van der Waals surface area (Å²) >= 11 is 0. The van der Waals surface area contributed by atoms with Crippen LogP contribution in [0.3, 0.4) is 0 Å². The molecule has 0 unspecified atom stereocenters. The van der Waals surface area contributed by atoms with Crippen molar-refractivity contribution in [2.45, 2.75) is 20.3 Å². The average Bonchev–Trinajstić information content (AvgIpc) is 2.38. The molecule has 2 heteroatoms. The van der Waals surface area contributed by atoms with E-state index in [0.29, 0.717) is 0 Å². The van der Waals surface area contributed by atoms with Crippen molar-refractivity contribution in [3.8, 4) is 0 Å². The van der Waals surface area contributed by atoms with Gasteiger partial charge in [0.25, 0.3) is 0 Å². The zero-order chi connectivity index (χ0) is 13.1. The van der Waals surface area contributed by atoms with Gasteiger partial charge in [-0.2, -0.15) is 0 Å². The zero-order valence-corrected chi connectivity index (χ0v) is 10.8. The molecule has 0 aliphatic heterocycles. The third kappa shape index (κ3) is 2.53. The molecule has 0 heterocycles. The van der Waals surface area contributed by atoms with Crippen LogP contribution in [-0.4, -0.2) is 11.1 Å². The number of rotatable bonds is 4. The smallest absolute Gasteiger partial charge is 0.306 e. The summed E-state index contributed by atoms with van der Waals surface area (Å²) in [5.74, 6) is -0.903. The molecular formula is C16H18O2. The summed E-state index contributed by atoms with van der Waals surface area (Å²) in [5.41, 5.74) is 1.23. The normalized spacial score (nSPS) is 14.3. The maximum absolute atomic E-state index is 11.0. The highest BCUT2D eigenvalue weighted by atomic mass is 16.4. The Morgan fingerprint density at radius 3 is 2.50 bits per heavy atom. The molecule has 2 aromatic carbocycles. The molecule has 0 radical (unpaired) electrons. The fourth-order valence-electron chi connectivity index (χ4n) is 2.24. The van der Waals surface area contributed by atoms with E-state index >= 15 is 0 Å². The summed E-state index contributed by atoms with van der Waals surface area (Å²) in [6.07, 6.45) is 0.800. The predicted octanol–water partition coefficient (Wildman–Crippen LogP) is 3.74. The third-order valence-electron chi connectivity index (χ3n) is 3.66. The number of carboxylic acid groups (broad SMARTS) is 1.